The van der Waals surface area contributed by atoms with E-state index in [0.717, 1.165) is 28.4 Å². The molecule has 2 rings (SSSR count). The van der Waals surface area contributed by atoms with Crippen molar-refractivity contribution in [3.05, 3.63) is 45.9 Å². The Morgan fingerprint density at radius 1 is 1.29 bits per heavy atom. The van der Waals surface area contributed by atoms with Crippen LogP contribution in [0.2, 0.25) is 0 Å². The molecule has 0 aliphatic heterocycles. The maximum atomic E-state index is 12.0. The lowest BCUT2D eigenvalue weighted by atomic mass is 9.98. The Labute approximate surface area is 148 Å². The average Bonchev–Trinajstić information content (AvgIpc) is 3.07. The first-order valence-corrected chi connectivity index (χ1v) is 9.32. The van der Waals surface area contributed by atoms with Gasteiger partial charge < -0.3 is 10.1 Å². The van der Waals surface area contributed by atoms with Gasteiger partial charge in [0, 0.05) is 11.3 Å². The number of carbonyl (C=O) groups excluding carboxylic acids is 1. The molecule has 0 saturated carbocycles. The van der Waals surface area contributed by atoms with Crippen molar-refractivity contribution in [2.24, 2.45) is 0 Å². The summed E-state index contributed by atoms with van der Waals surface area (Å²) in [6, 6.07) is 7.92. The highest BCUT2D eigenvalue weighted by Crippen LogP contribution is 2.28. The molecule has 0 fully saturated rings. The molecule has 1 heterocycles. The van der Waals surface area contributed by atoms with E-state index in [9.17, 15) is 4.79 Å². The van der Waals surface area contributed by atoms with E-state index in [1.54, 1.807) is 11.3 Å². The monoisotopic (exact) mass is 346 g/mol. The number of hydrogen-bond acceptors (Lipinski definition) is 4. The van der Waals surface area contributed by atoms with Crippen LogP contribution in [0.5, 0.6) is 5.75 Å². The standard InChI is InChI=1S/C19H26N2O2S/c1-5-14(4)16-8-6-7-9-17(16)23-11-18(22)20-10-15-12-24-19(21-15)13(2)3/h6-9,12-14H,5,10-11H2,1-4H3,(H,20,22). The summed E-state index contributed by atoms with van der Waals surface area (Å²) < 4.78 is 5.72. The van der Waals surface area contributed by atoms with Crippen LogP contribution < -0.4 is 10.1 Å². The Morgan fingerprint density at radius 2 is 2.04 bits per heavy atom. The number of nitrogens with zero attached hydrogens (tertiary/aromatic N) is 1. The van der Waals surface area contributed by atoms with Gasteiger partial charge in [-0.25, -0.2) is 4.98 Å². The summed E-state index contributed by atoms with van der Waals surface area (Å²) in [6.45, 7) is 9.00. The Balaban J connectivity index is 1.85. The summed E-state index contributed by atoms with van der Waals surface area (Å²) in [6.07, 6.45) is 1.04. The molecule has 2 aromatic rings. The van der Waals surface area contributed by atoms with E-state index in [4.69, 9.17) is 4.74 Å². The summed E-state index contributed by atoms with van der Waals surface area (Å²) in [7, 11) is 0. The molecular weight excluding hydrogens is 320 g/mol. The Kier molecular flexibility index (Phi) is 6.79. The molecule has 0 saturated heterocycles. The largest absolute Gasteiger partial charge is 0.483 e. The van der Waals surface area contributed by atoms with Crippen molar-refractivity contribution in [3.8, 4) is 5.75 Å². The predicted octanol–water partition coefficient (Wildman–Crippen LogP) is 4.48. The van der Waals surface area contributed by atoms with Gasteiger partial charge >= 0.3 is 0 Å². The number of benzene rings is 1. The van der Waals surface area contributed by atoms with Crippen molar-refractivity contribution in [2.75, 3.05) is 6.61 Å². The normalized spacial score (nSPS) is 12.2. The van der Waals surface area contributed by atoms with Crippen molar-refractivity contribution < 1.29 is 9.53 Å². The Bertz CT molecular complexity index is 667. The fourth-order valence-corrected chi connectivity index (χ4v) is 3.13. The van der Waals surface area contributed by atoms with Gasteiger partial charge in [-0.2, -0.15) is 0 Å². The number of nitrogens with one attached hydrogen (secondary N) is 1. The van der Waals surface area contributed by atoms with Gasteiger partial charge in [-0.05, 0) is 24.0 Å². The van der Waals surface area contributed by atoms with Crippen LogP contribution in [0, 0.1) is 0 Å². The molecule has 1 unspecified atom stereocenters. The number of para-hydroxylation sites is 1. The summed E-state index contributed by atoms with van der Waals surface area (Å²) in [5.74, 6) is 1.49. The maximum absolute atomic E-state index is 12.0. The lowest BCUT2D eigenvalue weighted by Crippen LogP contribution is -2.28. The van der Waals surface area contributed by atoms with Crippen LogP contribution in [-0.4, -0.2) is 17.5 Å². The van der Waals surface area contributed by atoms with Crippen molar-refractivity contribution in [3.63, 3.8) is 0 Å². The van der Waals surface area contributed by atoms with E-state index >= 15 is 0 Å². The number of carbonyl (C=O) groups is 1. The lowest BCUT2D eigenvalue weighted by molar-refractivity contribution is -0.123. The second-order valence-corrected chi connectivity index (χ2v) is 7.13. The molecule has 1 amide bonds. The van der Waals surface area contributed by atoms with Gasteiger partial charge in [0.1, 0.15) is 5.75 Å². The van der Waals surface area contributed by atoms with Gasteiger partial charge in [-0.3, -0.25) is 4.79 Å². The van der Waals surface area contributed by atoms with Crippen LogP contribution in [0.15, 0.2) is 29.6 Å². The van der Waals surface area contributed by atoms with Crippen LogP contribution in [0.25, 0.3) is 0 Å². The van der Waals surface area contributed by atoms with E-state index in [0.29, 0.717) is 18.4 Å². The molecule has 1 aromatic heterocycles. The minimum atomic E-state index is -0.131. The third kappa shape index (κ3) is 5.06. The first-order valence-electron chi connectivity index (χ1n) is 8.44. The fourth-order valence-electron chi connectivity index (χ4n) is 2.29. The van der Waals surface area contributed by atoms with Crippen molar-refractivity contribution in [2.45, 2.75) is 52.5 Å². The third-order valence-corrected chi connectivity index (χ3v) is 5.15. The maximum Gasteiger partial charge on any atom is 0.258 e. The second kappa shape index (κ2) is 8.83. The third-order valence-electron chi connectivity index (χ3n) is 3.95. The smallest absolute Gasteiger partial charge is 0.258 e. The van der Waals surface area contributed by atoms with Crippen LogP contribution >= 0.6 is 11.3 Å². The van der Waals surface area contributed by atoms with E-state index in [1.165, 1.54) is 0 Å². The van der Waals surface area contributed by atoms with Crippen LogP contribution in [0.4, 0.5) is 0 Å². The van der Waals surface area contributed by atoms with Gasteiger partial charge in [0.05, 0.1) is 17.2 Å². The van der Waals surface area contributed by atoms with Crippen LogP contribution in [0.3, 0.4) is 0 Å². The Hall–Kier alpha value is -1.88. The SMILES string of the molecule is CCC(C)c1ccccc1OCC(=O)NCc1csc(C(C)C)n1. The molecule has 1 atom stereocenters. The average molecular weight is 346 g/mol. The zero-order valence-electron chi connectivity index (χ0n) is 14.8. The van der Waals surface area contributed by atoms with Crippen LogP contribution in [0.1, 0.15) is 62.2 Å². The van der Waals surface area contributed by atoms with Gasteiger partial charge in [0.2, 0.25) is 0 Å². The molecule has 24 heavy (non-hydrogen) atoms. The molecule has 0 aliphatic carbocycles. The molecule has 1 N–H and O–H groups in total. The highest BCUT2D eigenvalue weighted by molar-refractivity contribution is 7.09. The number of ether oxygens (including phenoxy) is 1. The van der Waals surface area contributed by atoms with Gasteiger partial charge in [-0.15, -0.1) is 11.3 Å². The topological polar surface area (TPSA) is 51.2 Å². The molecule has 0 aliphatic rings. The van der Waals surface area contributed by atoms with Crippen molar-refractivity contribution >= 4 is 17.2 Å². The zero-order chi connectivity index (χ0) is 17.5. The minimum absolute atomic E-state index is 0.0224. The van der Waals surface area contributed by atoms with Crippen molar-refractivity contribution in [1.29, 1.82) is 0 Å². The minimum Gasteiger partial charge on any atom is -0.483 e. The molecule has 1 aromatic carbocycles. The van der Waals surface area contributed by atoms with E-state index < -0.39 is 0 Å². The summed E-state index contributed by atoms with van der Waals surface area (Å²) in [5, 5.41) is 5.95. The molecule has 4 nitrogen and oxygen atoms in total. The van der Waals surface area contributed by atoms with Gasteiger partial charge in [-0.1, -0.05) is 45.9 Å². The molecule has 130 valence electrons. The molecule has 0 spiro atoms. The molecule has 0 bridgehead atoms. The summed E-state index contributed by atoms with van der Waals surface area (Å²) in [5.41, 5.74) is 2.05. The number of amides is 1. The Morgan fingerprint density at radius 3 is 2.71 bits per heavy atom. The zero-order valence-corrected chi connectivity index (χ0v) is 15.7. The predicted molar refractivity (Wildman–Crippen MR) is 98.7 cm³/mol. The first kappa shape index (κ1) is 18.5. The van der Waals surface area contributed by atoms with Gasteiger partial charge in [0.25, 0.3) is 5.91 Å². The van der Waals surface area contributed by atoms with E-state index in [-0.39, 0.29) is 12.5 Å². The second-order valence-electron chi connectivity index (χ2n) is 6.24. The highest BCUT2D eigenvalue weighted by atomic mass is 32.1. The number of aromatic nitrogens is 1. The molecular formula is C19H26N2O2S. The molecule has 0 radical (unpaired) electrons. The quantitative estimate of drug-likeness (QED) is 0.767. The number of hydrogen-bond donors (Lipinski definition) is 1. The van der Waals surface area contributed by atoms with Crippen LogP contribution in [-0.2, 0) is 11.3 Å². The summed E-state index contributed by atoms with van der Waals surface area (Å²) >= 11 is 1.63. The molecule has 5 heteroatoms. The first-order chi connectivity index (χ1) is 11.5. The van der Waals surface area contributed by atoms with Crippen molar-refractivity contribution in [1.82, 2.24) is 10.3 Å². The lowest BCUT2D eigenvalue weighted by Gasteiger charge is -2.15. The van der Waals surface area contributed by atoms with E-state index in [2.05, 4.69) is 44.1 Å². The summed E-state index contributed by atoms with van der Waals surface area (Å²) in [4.78, 5) is 16.5. The number of thiazole rings is 1. The number of rotatable bonds is 8. The van der Waals surface area contributed by atoms with E-state index in [1.807, 2.05) is 23.6 Å². The fraction of sp³-hybridized carbons (Fsp3) is 0.474. The van der Waals surface area contributed by atoms with Gasteiger partial charge in [0.15, 0.2) is 6.61 Å². The highest BCUT2D eigenvalue weighted by Gasteiger charge is 2.12.